The summed E-state index contributed by atoms with van der Waals surface area (Å²) >= 11 is 1.39. The van der Waals surface area contributed by atoms with Crippen LogP contribution < -0.4 is 5.32 Å². The first kappa shape index (κ1) is 24.7. The summed E-state index contributed by atoms with van der Waals surface area (Å²) in [7, 11) is -3.54. The number of benzene rings is 1. The van der Waals surface area contributed by atoms with Gasteiger partial charge in [0.05, 0.1) is 21.7 Å². The molecule has 0 radical (unpaired) electrons. The van der Waals surface area contributed by atoms with E-state index in [0.717, 1.165) is 36.5 Å². The maximum atomic E-state index is 12.9. The van der Waals surface area contributed by atoms with Crippen LogP contribution >= 0.6 is 11.8 Å². The van der Waals surface area contributed by atoms with Gasteiger partial charge in [-0.15, -0.1) is 0 Å². The predicted molar refractivity (Wildman–Crippen MR) is 123 cm³/mol. The Morgan fingerprint density at radius 1 is 1.23 bits per heavy atom. The van der Waals surface area contributed by atoms with E-state index in [1.807, 2.05) is 33.8 Å². The Morgan fingerprint density at radius 2 is 1.93 bits per heavy atom. The summed E-state index contributed by atoms with van der Waals surface area (Å²) in [5.74, 6) is 0.262. The van der Waals surface area contributed by atoms with Crippen LogP contribution in [0.3, 0.4) is 0 Å². The number of thioether (sulfide) groups is 1. The number of carbonyl (C=O) groups is 1. The zero-order valence-corrected chi connectivity index (χ0v) is 20.3. The third-order valence-electron chi connectivity index (χ3n) is 5.12. The fourth-order valence-corrected chi connectivity index (χ4v) is 5.48. The van der Waals surface area contributed by atoms with E-state index in [-0.39, 0.29) is 22.6 Å². The average molecular weight is 455 g/mol. The van der Waals surface area contributed by atoms with Crippen LogP contribution in [0.2, 0.25) is 0 Å². The third kappa shape index (κ3) is 5.76. The zero-order chi connectivity index (χ0) is 22.3. The maximum absolute atomic E-state index is 12.9. The minimum atomic E-state index is -3.54. The smallest absolute Gasteiger partial charge is 0.243 e. The summed E-state index contributed by atoms with van der Waals surface area (Å²) in [6.45, 7) is 11.4. The van der Waals surface area contributed by atoms with Crippen molar-refractivity contribution in [2.45, 2.75) is 76.5 Å². The molecule has 9 heteroatoms. The van der Waals surface area contributed by atoms with Crippen molar-refractivity contribution in [2.24, 2.45) is 0 Å². The lowest BCUT2D eigenvalue weighted by Crippen LogP contribution is -2.33. The highest BCUT2D eigenvalue weighted by molar-refractivity contribution is 7.99. The largest absolute Gasteiger partial charge is 0.353 e. The predicted octanol–water partition coefficient (Wildman–Crippen LogP) is 3.87. The van der Waals surface area contributed by atoms with E-state index in [1.54, 1.807) is 12.1 Å². The number of nitrogens with one attached hydrogen (secondary N) is 1. The molecule has 1 atom stereocenters. The number of amides is 1. The normalized spacial score (nSPS) is 13.1. The van der Waals surface area contributed by atoms with E-state index in [1.165, 1.54) is 16.1 Å². The third-order valence-corrected chi connectivity index (χ3v) is 8.14. The van der Waals surface area contributed by atoms with E-state index in [9.17, 15) is 13.2 Å². The number of aromatic nitrogens is 2. The Labute approximate surface area is 184 Å². The van der Waals surface area contributed by atoms with Crippen LogP contribution in [0.4, 0.5) is 0 Å². The molecule has 1 aromatic carbocycles. The van der Waals surface area contributed by atoms with Crippen molar-refractivity contribution in [3.05, 3.63) is 18.2 Å². The fraction of sp³-hybridized carbons (Fsp3) is 0.619. The van der Waals surface area contributed by atoms with Crippen LogP contribution in [-0.2, 0) is 21.4 Å². The molecule has 2 rings (SSSR count). The van der Waals surface area contributed by atoms with E-state index in [0.29, 0.717) is 18.6 Å². The van der Waals surface area contributed by atoms with Gasteiger partial charge in [-0.2, -0.15) is 4.31 Å². The molecule has 7 nitrogen and oxygen atoms in total. The Hall–Kier alpha value is -1.58. The van der Waals surface area contributed by atoms with Crippen molar-refractivity contribution in [1.29, 1.82) is 0 Å². The number of fused-ring (bicyclic) bond motifs is 1. The number of sulfonamides is 1. The van der Waals surface area contributed by atoms with Crippen molar-refractivity contribution in [3.63, 3.8) is 0 Å². The van der Waals surface area contributed by atoms with Crippen molar-refractivity contribution in [2.75, 3.05) is 18.8 Å². The number of rotatable bonds is 12. The second-order valence-electron chi connectivity index (χ2n) is 7.30. The molecule has 1 N–H and O–H groups in total. The van der Waals surface area contributed by atoms with Crippen LogP contribution in [0.1, 0.15) is 53.9 Å². The number of carbonyl (C=O) groups excluding carboxylic acids is 1. The monoisotopic (exact) mass is 454 g/mol. The highest BCUT2D eigenvalue weighted by Gasteiger charge is 2.23. The average Bonchev–Trinajstić information content (AvgIpc) is 3.07. The van der Waals surface area contributed by atoms with Gasteiger partial charge in [-0.25, -0.2) is 13.4 Å². The Morgan fingerprint density at radius 3 is 2.53 bits per heavy atom. The van der Waals surface area contributed by atoms with E-state index in [4.69, 9.17) is 0 Å². The molecule has 2 aromatic rings. The molecule has 1 amide bonds. The molecule has 0 saturated heterocycles. The van der Waals surface area contributed by atoms with Gasteiger partial charge in [0.25, 0.3) is 0 Å². The van der Waals surface area contributed by atoms with Gasteiger partial charge in [0.1, 0.15) is 0 Å². The second kappa shape index (κ2) is 11.2. The summed E-state index contributed by atoms with van der Waals surface area (Å²) in [6.07, 6.45) is 2.90. The zero-order valence-electron chi connectivity index (χ0n) is 18.6. The molecule has 30 heavy (non-hydrogen) atoms. The van der Waals surface area contributed by atoms with Gasteiger partial charge >= 0.3 is 0 Å². The SMILES string of the molecule is CCCCn1c(SCC(=O)NC(C)CC)nc2cc(S(=O)(=O)N(CC)CC)ccc21. The van der Waals surface area contributed by atoms with Crippen LogP contribution in [0.15, 0.2) is 28.3 Å². The lowest BCUT2D eigenvalue weighted by atomic mass is 10.3. The van der Waals surface area contributed by atoms with Gasteiger partial charge in [0, 0.05) is 25.7 Å². The molecular formula is C21H34N4O3S2. The van der Waals surface area contributed by atoms with Gasteiger partial charge in [0.2, 0.25) is 15.9 Å². The second-order valence-corrected chi connectivity index (χ2v) is 10.2. The number of unbranched alkanes of at least 4 members (excludes halogenated alkanes) is 1. The van der Waals surface area contributed by atoms with Gasteiger partial charge in [-0.1, -0.05) is 45.9 Å². The lowest BCUT2D eigenvalue weighted by molar-refractivity contribution is -0.119. The number of nitrogens with zero attached hydrogens (tertiary/aromatic N) is 3. The first-order valence-electron chi connectivity index (χ1n) is 10.7. The number of aryl methyl sites for hydroxylation is 1. The number of imidazole rings is 1. The van der Waals surface area contributed by atoms with Crippen molar-refractivity contribution in [1.82, 2.24) is 19.2 Å². The van der Waals surface area contributed by atoms with Crippen LogP contribution in [0.5, 0.6) is 0 Å². The van der Waals surface area contributed by atoms with Crippen LogP contribution in [-0.4, -0.2) is 53.1 Å². The molecule has 0 aliphatic heterocycles. The molecule has 1 heterocycles. The first-order valence-corrected chi connectivity index (χ1v) is 13.1. The minimum absolute atomic E-state index is 0.0201. The standard InChI is InChI=1S/C21H34N4O3S2/c1-6-10-13-25-19-12-11-17(30(27,28)24(8-3)9-4)14-18(19)23-21(25)29-15-20(26)22-16(5)7-2/h11-12,14,16H,6-10,13,15H2,1-5H3,(H,22,26). The molecule has 1 unspecified atom stereocenters. The number of hydrogen-bond acceptors (Lipinski definition) is 5. The molecular weight excluding hydrogens is 420 g/mol. The molecule has 0 saturated carbocycles. The highest BCUT2D eigenvalue weighted by Crippen LogP contribution is 2.27. The molecule has 0 bridgehead atoms. The van der Waals surface area contributed by atoms with Crippen molar-refractivity contribution < 1.29 is 13.2 Å². The number of hydrogen-bond donors (Lipinski definition) is 1. The lowest BCUT2D eigenvalue weighted by Gasteiger charge is -2.18. The molecule has 0 aliphatic rings. The Balaban J connectivity index is 2.36. The topological polar surface area (TPSA) is 84.3 Å². The summed E-state index contributed by atoms with van der Waals surface area (Å²) < 4.78 is 29.3. The quantitative estimate of drug-likeness (QED) is 0.492. The Bertz CT molecular complexity index is 953. The first-order chi connectivity index (χ1) is 14.3. The Kier molecular flexibility index (Phi) is 9.18. The molecule has 168 valence electrons. The summed E-state index contributed by atoms with van der Waals surface area (Å²) in [5.41, 5.74) is 1.54. The minimum Gasteiger partial charge on any atom is -0.353 e. The highest BCUT2D eigenvalue weighted by atomic mass is 32.2. The van der Waals surface area contributed by atoms with E-state index < -0.39 is 10.0 Å². The van der Waals surface area contributed by atoms with Gasteiger partial charge in [-0.3, -0.25) is 4.79 Å². The van der Waals surface area contributed by atoms with Gasteiger partial charge < -0.3 is 9.88 Å². The molecule has 0 spiro atoms. The summed E-state index contributed by atoms with van der Waals surface area (Å²) in [6, 6.07) is 5.28. The molecule has 0 fully saturated rings. The van der Waals surface area contributed by atoms with Gasteiger partial charge in [-0.05, 0) is 38.0 Å². The maximum Gasteiger partial charge on any atom is 0.243 e. The fourth-order valence-electron chi connectivity index (χ4n) is 3.15. The van der Waals surface area contributed by atoms with Crippen LogP contribution in [0, 0.1) is 0 Å². The van der Waals surface area contributed by atoms with E-state index in [2.05, 4.69) is 21.8 Å². The molecule has 1 aromatic heterocycles. The molecule has 0 aliphatic carbocycles. The van der Waals surface area contributed by atoms with Crippen molar-refractivity contribution in [3.8, 4) is 0 Å². The summed E-state index contributed by atoms with van der Waals surface area (Å²) in [4.78, 5) is 17.1. The van der Waals surface area contributed by atoms with Crippen molar-refractivity contribution >= 4 is 38.7 Å². The van der Waals surface area contributed by atoms with Crippen LogP contribution in [0.25, 0.3) is 11.0 Å². The summed E-state index contributed by atoms with van der Waals surface area (Å²) in [5, 5.41) is 3.71. The van der Waals surface area contributed by atoms with E-state index >= 15 is 0 Å². The van der Waals surface area contributed by atoms with Gasteiger partial charge in [0.15, 0.2) is 5.16 Å².